The standard InChI is InChI=1S/C26H31N3O7S.C19H17N3O4S/c1-33-15-16-34-17-18-35-19-20-36-24-11-7-21(8-12-24)27-26(30)28-22-9-13-25(14-10-22)37(31,32)29-23-5-3-2-4-6-23;23-17-10-6-14(7-11-17)20-19(24)21-15-8-12-18(13-9-15)27(25,26)22-16-4-2-1-3-5-16/h2-14,29H,15-20H2,1H3,(H2,27,28,30);1-13,22-23H,(H2,20,21,24). The number of para-hydroxylation sites is 2. The van der Waals surface area contributed by atoms with Gasteiger partial charge in [-0.3, -0.25) is 9.44 Å². The number of nitrogens with one attached hydrogen (secondary N) is 6. The van der Waals surface area contributed by atoms with Gasteiger partial charge >= 0.3 is 12.1 Å². The first-order chi connectivity index (χ1) is 30.9. The maximum atomic E-state index is 12.5. The second-order valence-electron chi connectivity index (χ2n) is 13.3. The van der Waals surface area contributed by atoms with Crippen molar-refractivity contribution >= 4 is 66.2 Å². The average Bonchev–Trinajstić information content (AvgIpc) is 3.28. The highest BCUT2D eigenvalue weighted by molar-refractivity contribution is 7.93. The molecule has 4 amide bonds. The Kier molecular flexibility index (Phi) is 18.3. The number of anilines is 6. The quantitative estimate of drug-likeness (QED) is 0.0286. The van der Waals surface area contributed by atoms with Gasteiger partial charge in [-0.15, -0.1) is 0 Å². The van der Waals surface area contributed by atoms with Crippen molar-refractivity contribution in [3.05, 3.63) is 158 Å². The van der Waals surface area contributed by atoms with E-state index >= 15 is 0 Å². The second-order valence-corrected chi connectivity index (χ2v) is 16.7. The lowest BCUT2D eigenvalue weighted by Gasteiger charge is -2.11. The lowest BCUT2D eigenvalue weighted by atomic mass is 10.3. The van der Waals surface area contributed by atoms with E-state index in [2.05, 4.69) is 30.7 Å². The zero-order chi connectivity index (χ0) is 45.6. The van der Waals surface area contributed by atoms with Gasteiger partial charge in [0.05, 0.1) is 42.8 Å². The van der Waals surface area contributed by atoms with E-state index in [4.69, 9.17) is 18.9 Å². The molecule has 336 valence electrons. The topological polar surface area (TPSA) is 232 Å². The summed E-state index contributed by atoms with van der Waals surface area (Å²) in [4.78, 5) is 24.5. The molecule has 0 atom stereocenters. The number of methoxy groups -OCH3 is 1. The summed E-state index contributed by atoms with van der Waals surface area (Å²) in [6.07, 6.45) is 0. The fraction of sp³-hybridized carbons (Fsp3) is 0.156. The van der Waals surface area contributed by atoms with E-state index in [0.29, 0.717) is 79.5 Å². The Morgan fingerprint density at radius 3 is 1.17 bits per heavy atom. The Morgan fingerprint density at radius 2 is 0.781 bits per heavy atom. The van der Waals surface area contributed by atoms with Crippen molar-refractivity contribution in [1.29, 1.82) is 0 Å². The molecule has 0 spiro atoms. The molecule has 0 bridgehead atoms. The Labute approximate surface area is 371 Å². The van der Waals surface area contributed by atoms with Crippen molar-refractivity contribution in [3.8, 4) is 11.5 Å². The van der Waals surface area contributed by atoms with Crippen LogP contribution < -0.4 is 35.4 Å². The van der Waals surface area contributed by atoms with Crippen LogP contribution in [0.3, 0.4) is 0 Å². The second kappa shape index (κ2) is 24.5. The maximum absolute atomic E-state index is 12.5. The number of phenols is 1. The third kappa shape index (κ3) is 16.6. The van der Waals surface area contributed by atoms with E-state index in [9.17, 15) is 31.5 Å². The highest BCUT2D eigenvalue weighted by Gasteiger charge is 2.16. The Morgan fingerprint density at radius 1 is 0.438 bits per heavy atom. The van der Waals surface area contributed by atoms with Crippen LogP contribution in [0.15, 0.2) is 168 Å². The molecule has 0 aromatic heterocycles. The number of phenolic OH excluding ortho intramolecular Hbond substituents is 1. The Hall–Kier alpha value is -7.16. The number of ether oxygens (including phenoxy) is 4. The molecule has 0 heterocycles. The molecular weight excluding hydrogens is 865 g/mol. The van der Waals surface area contributed by atoms with E-state index in [1.807, 2.05) is 0 Å². The highest BCUT2D eigenvalue weighted by Crippen LogP contribution is 2.21. The molecule has 0 radical (unpaired) electrons. The predicted octanol–water partition coefficient (Wildman–Crippen LogP) is 8.03. The summed E-state index contributed by atoms with van der Waals surface area (Å²) < 4.78 is 76.0. The summed E-state index contributed by atoms with van der Waals surface area (Å²) in [5.74, 6) is 0.744. The molecule has 64 heavy (non-hydrogen) atoms. The van der Waals surface area contributed by atoms with Crippen molar-refractivity contribution < 1.29 is 50.5 Å². The van der Waals surface area contributed by atoms with Crippen LogP contribution in [0.2, 0.25) is 0 Å². The fourth-order valence-electron chi connectivity index (χ4n) is 5.32. The molecule has 0 fully saturated rings. The minimum atomic E-state index is -3.74. The lowest BCUT2D eigenvalue weighted by Crippen LogP contribution is -2.19. The molecule has 19 heteroatoms. The van der Waals surface area contributed by atoms with E-state index in [0.717, 1.165) is 0 Å². The molecular formula is C45H48N6O11S2. The molecule has 0 aliphatic rings. The van der Waals surface area contributed by atoms with Gasteiger partial charge in [0.15, 0.2) is 0 Å². The average molecular weight is 913 g/mol. The first kappa shape index (κ1) is 47.9. The van der Waals surface area contributed by atoms with Gasteiger partial charge < -0.3 is 45.3 Å². The van der Waals surface area contributed by atoms with Crippen molar-refractivity contribution in [2.75, 3.05) is 77.5 Å². The molecule has 0 aliphatic heterocycles. The molecule has 17 nitrogen and oxygen atoms in total. The monoisotopic (exact) mass is 912 g/mol. The van der Waals surface area contributed by atoms with Gasteiger partial charge in [-0.1, -0.05) is 36.4 Å². The number of aromatic hydroxyl groups is 1. The first-order valence-electron chi connectivity index (χ1n) is 19.6. The van der Waals surface area contributed by atoms with Crippen LogP contribution in [0.1, 0.15) is 0 Å². The molecule has 6 rings (SSSR count). The number of hydrogen-bond acceptors (Lipinski definition) is 11. The van der Waals surface area contributed by atoms with E-state index in [1.165, 1.54) is 60.7 Å². The van der Waals surface area contributed by atoms with Gasteiger partial charge in [0, 0.05) is 41.2 Å². The summed E-state index contributed by atoms with van der Waals surface area (Å²) in [7, 11) is -5.83. The van der Waals surface area contributed by atoms with Crippen LogP contribution in [-0.4, -0.2) is 80.8 Å². The summed E-state index contributed by atoms with van der Waals surface area (Å²) in [5.41, 5.74) is 2.89. The third-order valence-corrected chi connectivity index (χ3v) is 11.2. The number of amides is 4. The Bertz CT molecular complexity index is 2570. The minimum Gasteiger partial charge on any atom is -0.508 e. The molecule has 0 aliphatic carbocycles. The van der Waals surface area contributed by atoms with E-state index < -0.39 is 32.1 Å². The Balaban J connectivity index is 0.000000253. The minimum absolute atomic E-state index is 0.0795. The molecule has 0 saturated carbocycles. The number of carbonyl (C=O) groups excluding carboxylic acids is 2. The van der Waals surface area contributed by atoms with Gasteiger partial charge in [-0.25, -0.2) is 26.4 Å². The van der Waals surface area contributed by atoms with Crippen LogP contribution in [0.25, 0.3) is 0 Å². The predicted molar refractivity (Wildman–Crippen MR) is 246 cm³/mol. The zero-order valence-corrected chi connectivity index (χ0v) is 36.2. The van der Waals surface area contributed by atoms with Crippen LogP contribution in [0.5, 0.6) is 11.5 Å². The molecule has 6 aromatic rings. The molecule has 7 N–H and O–H groups in total. The number of urea groups is 2. The SMILES string of the molecule is COCCOCCOCCOc1ccc(NC(=O)Nc2ccc(S(=O)(=O)Nc3ccccc3)cc2)cc1.O=C(Nc1ccc(O)cc1)Nc1ccc(S(=O)(=O)Nc2ccccc2)cc1. The van der Waals surface area contributed by atoms with Crippen molar-refractivity contribution in [2.24, 2.45) is 0 Å². The smallest absolute Gasteiger partial charge is 0.323 e. The maximum Gasteiger partial charge on any atom is 0.323 e. The van der Waals surface area contributed by atoms with Gasteiger partial charge in [-0.05, 0) is 121 Å². The van der Waals surface area contributed by atoms with Crippen molar-refractivity contribution in [3.63, 3.8) is 0 Å². The van der Waals surface area contributed by atoms with Gasteiger partial charge in [0.1, 0.15) is 18.1 Å². The summed E-state index contributed by atoms with van der Waals surface area (Å²) in [6.45, 7) is 2.89. The molecule has 0 saturated heterocycles. The van der Waals surface area contributed by atoms with Crippen LogP contribution in [0.4, 0.5) is 43.7 Å². The van der Waals surface area contributed by atoms with Gasteiger partial charge in [-0.2, -0.15) is 0 Å². The summed E-state index contributed by atoms with van der Waals surface area (Å²) >= 11 is 0. The van der Waals surface area contributed by atoms with Crippen molar-refractivity contribution in [2.45, 2.75) is 9.79 Å². The normalized spacial score (nSPS) is 11.0. The molecule has 0 unspecified atom stereocenters. The third-order valence-electron chi connectivity index (χ3n) is 8.43. The van der Waals surface area contributed by atoms with Crippen molar-refractivity contribution in [1.82, 2.24) is 0 Å². The zero-order valence-electron chi connectivity index (χ0n) is 34.6. The lowest BCUT2D eigenvalue weighted by molar-refractivity contribution is 0.0180. The summed E-state index contributed by atoms with van der Waals surface area (Å²) in [5, 5.41) is 19.8. The van der Waals surface area contributed by atoms with Gasteiger partial charge in [0.25, 0.3) is 20.0 Å². The van der Waals surface area contributed by atoms with Crippen LogP contribution >= 0.6 is 0 Å². The number of hydrogen-bond donors (Lipinski definition) is 7. The summed E-state index contributed by atoms with van der Waals surface area (Å²) in [6, 6.07) is 40.8. The van der Waals surface area contributed by atoms with E-state index in [1.54, 1.807) is 104 Å². The van der Waals surface area contributed by atoms with Crippen LogP contribution in [-0.2, 0) is 34.3 Å². The van der Waals surface area contributed by atoms with Crippen LogP contribution in [0, 0.1) is 0 Å². The highest BCUT2D eigenvalue weighted by atomic mass is 32.2. The number of benzene rings is 6. The first-order valence-corrected chi connectivity index (χ1v) is 22.5. The number of rotatable bonds is 20. The van der Waals surface area contributed by atoms with E-state index in [-0.39, 0.29) is 15.5 Å². The van der Waals surface area contributed by atoms with Gasteiger partial charge in [0.2, 0.25) is 0 Å². The fourth-order valence-corrected chi connectivity index (χ4v) is 7.44. The number of carbonyl (C=O) groups is 2. The number of sulfonamides is 2. The molecule has 6 aromatic carbocycles. The largest absolute Gasteiger partial charge is 0.508 e.